The normalized spacial score (nSPS) is 11.0. The molecule has 0 amide bonds. The van der Waals surface area contributed by atoms with Crippen LogP contribution in [0.25, 0.3) is 0 Å². The lowest BCUT2D eigenvalue weighted by Crippen LogP contribution is -2.30. The molecule has 0 aliphatic rings. The van der Waals surface area contributed by atoms with Gasteiger partial charge in [0, 0.05) is 18.5 Å². The first kappa shape index (κ1) is 14.2. The van der Waals surface area contributed by atoms with E-state index in [9.17, 15) is 0 Å². The van der Waals surface area contributed by atoms with Crippen LogP contribution in [0.15, 0.2) is 29.6 Å². The van der Waals surface area contributed by atoms with E-state index in [0.29, 0.717) is 5.46 Å². The molecule has 0 fully saturated rings. The molecule has 1 aromatic heterocycles. The Morgan fingerprint density at radius 2 is 2.11 bits per heavy atom. The number of aryl methyl sites for hydroxylation is 1. The van der Waals surface area contributed by atoms with Gasteiger partial charge in [0.05, 0.1) is 10.7 Å². The molecule has 0 aliphatic heterocycles. The first-order chi connectivity index (χ1) is 9.04. The zero-order valence-corrected chi connectivity index (χ0v) is 11.9. The van der Waals surface area contributed by atoms with Crippen LogP contribution in [0.3, 0.4) is 0 Å². The zero-order valence-electron chi connectivity index (χ0n) is 11.1. The summed E-state index contributed by atoms with van der Waals surface area (Å²) in [4.78, 5) is 6.59. The van der Waals surface area contributed by atoms with Gasteiger partial charge in [-0.3, -0.25) is 4.90 Å². The number of aromatic nitrogens is 1. The van der Waals surface area contributed by atoms with E-state index in [2.05, 4.69) is 15.3 Å². The number of nitrogens with zero attached hydrogens (tertiary/aromatic N) is 2. The second-order valence-electron chi connectivity index (χ2n) is 4.65. The molecule has 0 spiro atoms. The minimum absolute atomic E-state index is 0.524. The van der Waals surface area contributed by atoms with Crippen LogP contribution >= 0.6 is 11.3 Å². The zero-order chi connectivity index (χ0) is 13.8. The number of thiazole rings is 1. The summed E-state index contributed by atoms with van der Waals surface area (Å²) in [5.74, 6) is 0. The Labute approximate surface area is 117 Å². The molecule has 0 bridgehead atoms. The van der Waals surface area contributed by atoms with Gasteiger partial charge < -0.3 is 10.0 Å². The lowest BCUT2D eigenvalue weighted by atomic mass is 9.79. The lowest BCUT2D eigenvalue weighted by Gasteiger charge is -2.16. The smallest absolute Gasteiger partial charge is 0.423 e. The Hall–Kier alpha value is -1.21. The standard InChI is InChI=1S/C13H17BN2O2S/c1-10-15-13(9-19-10)8-16(2)7-11-4-3-5-12(6-11)14(17)18/h3-6,9,17-18H,7-8H2,1-2H3. The molecule has 0 radical (unpaired) electrons. The third kappa shape index (κ3) is 4.14. The second kappa shape index (κ2) is 6.30. The van der Waals surface area contributed by atoms with Gasteiger partial charge in [0.2, 0.25) is 0 Å². The van der Waals surface area contributed by atoms with Crippen molar-refractivity contribution in [3.63, 3.8) is 0 Å². The molecule has 1 aromatic carbocycles. The summed E-state index contributed by atoms with van der Waals surface area (Å²) in [6.45, 7) is 3.54. The van der Waals surface area contributed by atoms with Crippen LogP contribution in [0.2, 0.25) is 0 Å². The van der Waals surface area contributed by atoms with Gasteiger partial charge in [-0.1, -0.05) is 24.3 Å². The summed E-state index contributed by atoms with van der Waals surface area (Å²) in [6.07, 6.45) is 0. The number of benzene rings is 1. The first-order valence-electron chi connectivity index (χ1n) is 6.09. The molecule has 100 valence electrons. The van der Waals surface area contributed by atoms with Crippen molar-refractivity contribution in [1.29, 1.82) is 0 Å². The molecule has 1 heterocycles. The summed E-state index contributed by atoms with van der Waals surface area (Å²) in [5, 5.41) is 21.5. The van der Waals surface area contributed by atoms with Crippen LogP contribution in [0.4, 0.5) is 0 Å². The van der Waals surface area contributed by atoms with E-state index in [1.165, 1.54) is 0 Å². The van der Waals surface area contributed by atoms with Crippen LogP contribution in [-0.4, -0.2) is 34.1 Å². The molecular weight excluding hydrogens is 259 g/mol. The fourth-order valence-electron chi connectivity index (χ4n) is 1.98. The largest absolute Gasteiger partial charge is 0.488 e. The maximum Gasteiger partial charge on any atom is 0.488 e. The summed E-state index contributed by atoms with van der Waals surface area (Å²) in [6, 6.07) is 7.34. The first-order valence-corrected chi connectivity index (χ1v) is 6.97. The Balaban J connectivity index is 1.98. The molecule has 19 heavy (non-hydrogen) atoms. The molecule has 0 saturated heterocycles. The maximum absolute atomic E-state index is 9.15. The predicted molar refractivity (Wildman–Crippen MR) is 78.3 cm³/mol. The molecule has 0 unspecified atom stereocenters. The SMILES string of the molecule is Cc1nc(CN(C)Cc2cccc(B(O)O)c2)cs1. The Bertz CT molecular complexity index is 545. The molecular formula is C13H17BN2O2S. The highest BCUT2D eigenvalue weighted by Crippen LogP contribution is 2.11. The molecule has 6 heteroatoms. The Morgan fingerprint density at radius 1 is 1.32 bits per heavy atom. The lowest BCUT2D eigenvalue weighted by molar-refractivity contribution is 0.315. The third-order valence-corrected chi connectivity index (χ3v) is 3.62. The fourth-order valence-corrected chi connectivity index (χ4v) is 2.58. The Kier molecular flexibility index (Phi) is 4.71. The summed E-state index contributed by atoms with van der Waals surface area (Å²) >= 11 is 1.66. The maximum atomic E-state index is 9.15. The highest BCUT2D eigenvalue weighted by molar-refractivity contribution is 7.09. The van der Waals surface area contributed by atoms with Gasteiger partial charge in [-0.25, -0.2) is 4.98 Å². The van der Waals surface area contributed by atoms with Crippen LogP contribution < -0.4 is 5.46 Å². The van der Waals surface area contributed by atoms with E-state index in [0.717, 1.165) is 29.4 Å². The summed E-state index contributed by atoms with van der Waals surface area (Å²) in [5.41, 5.74) is 2.65. The predicted octanol–water partition coefficient (Wildman–Crippen LogP) is 0.763. The monoisotopic (exact) mass is 276 g/mol. The van der Waals surface area contributed by atoms with E-state index in [1.54, 1.807) is 17.4 Å². The average molecular weight is 276 g/mol. The van der Waals surface area contributed by atoms with Crippen molar-refractivity contribution in [1.82, 2.24) is 9.88 Å². The van der Waals surface area contributed by atoms with E-state index >= 15 is 0 Å². The van der Waals surface area contributed by atoms with Crippen LogP contribution in [0.1, 0.15) is 16.3 Å². The molecule has 2 aromatic rings. The van der Waals surface area contributed by atoms with Crippen LogP contribution in [0.5, 0.6) is 0 Å². The molecule has 2 rings (SSSR count). The van der Waals surface area contributed by atoms with Gasteiger partial charge in [0.25, 0.3) is 0 Å². The van der Waals surface area contributed by atoms with Gasteiger partial charge in [-0.2, -0.15) is 0 Å². The van der Waals surface area contributed by atoms with Gasteiger partial charge in [-0.05, 0) is 25.0 Å². The van der Waals surface area contributed by atoms with Gasteiger partial charge in [0.15, 0.2) is 0 Å². The topological polar surface area (TPSA) is 56.6 Å². The third-order valence-electron chi connectivity index (χ3n) is 2.80. The number of hydrogen-bond donors (Lipinski definition) is 2. The van der Waals surface area contributed by atoms with Crippen molar-refractivity contribution >= 4 is 23.9 Å². The summed E-state index contributed by atoms with van der Waals surface area (Å²) in [7, 11) is 0.614. The molecule has 0 atom stereocenters. The molecule has 2 N–H and O–H groups in total. The van der Waals surface area contributed by atoms with E-state index in [-0.39, 0.29) is 0 Å². The minimum Gasteiger partial charge on any atom is -0.423 e. The molecule has 0 aliphatic carbocycles. The molecule has 0 saturated carbocycles. The minimum atomic E-state index is -1.41. The Morgan fingerprint density at radius 3 is 2.74 bits per heavy atom. The van der Waals surface area contributed by atoms with E-state index in [1.807, 2.05) is 32.2 Å². The number of rotatable bonds is 5. The number of hydrogen-bond acceptors (Lipinski definition) is 5. The van der Waals surface area contributed by atoms with E-state index < -0.39 is 7.12 Å². The van der Waals surface area contributed by atoms with Crippen molar-refractivity contribution in [3.8, 4) is 0 Å². The van der Waals surface area contributed by atoms with Crippen molar-refractivity contribution < 1.29 is 10.0 Å². The highest BCUT2D eigenvalue weighted by Gasteiger charge is 2.11. The van der Waals surface area contributed by atoms with Gasteiger partial charge >= 0.3 is 7.12 Å². The van der Waals surface area contributed by atoms with Crippen LogP contribution in [-0.2, 0) is 13.1 Å². The average Bonchev–Trinajstić information content (AvgIpc) is 2.74. The fraction of sp³-hybridized carbons (Fsp3) is 0.308. The van der Waals surface area contributed by atoms with Crippen molar-refractivity contribution in [3.05, 3.63) is 45.9 Å². The highest BCUT2D eigenvalue weighted by atomic mass is 32.1. The van der Waals surface area contributed by atoms with Crippen molar-refractivity contribution in [2.75, 3.05) is 7.05 Å². The second-order valence-corrected chi connectivity index (χ2v) is 5.71. The van der Waals surface area contributed by atoms with Crippen molar-refractivity contribution in [2.24, 2.45) is 0 Å². The summed E-state index contributed by atoms with van der Waals surface area (Å²) < 4.78 is 0. The van der Waals surface area contributed by atoms with Gasteiger partial charge in [0.1, 0.15) is 0 Å². The van der Waals surface area contributed by atoms with Crippen LogP contribution in [0, 0.1) is 6.92 Å². The van der Waals surface area contributed by atoms with E-state index in [4.69, 9.17) is 10.0 Å². The van der Waals surface area contributed by atoms with Gasteiger partial charge in [-0.15, -0.1) is 11.3 Å². The quantitative estimate of drug-likeness (QED) is 0.792. The molecule has 4 nitrogen and oxygen atoms in total. The van der Waals surface area contributed by atoms with Crippen molar-refractivity contribution in [2.45, 2.75) is 20.0 Å².